The van der Waals surface area contributed by atoms with E-state index in [4.69, 9.17) is 4.42 Å². The van der Waals surface area contributed by atoms with Crippen molar-refractivity contribution in [2.45, 2.75) is 25.4 Å². The molecule has 3 heterocycles. The molecule has 132 valence electrons. The number of oxazole rings is 1. The van der Waals surface area contributed by atoms with Crippen LogP contribution in [0.25, 0.3) is 11.3 Å². The minimum Gasteiger partial charge on any atom is -0.439 e. The SMILES string of the molecule is O=C(NCc1ncc(-c2ccccc2)o1)[C@H]1CCCN1c1ncccn1. The molecular weight excluding hydrogens is 330 g/mol. The molecule has 1 aromatic carbocycles. The van der Waals surface area contributed by atoms with Crippen molar-refractivity contribution in [1.29, 1.82) is 0 Å². The third kappa shape index (κ3) is 3.42. The highest BCUT2D eigenvalue weighted by molar-refractivity contribution is 5.85. The van der Waals surface area contributed by atoms with E-state index in [1.807, 2.05) is 35.2 Å². The van der Waals surface area contributed by atoms with E-state index in [9.17, 15) is 4.79 Å². The third-order valence-corrected chi connectivity index (χ3v) is 4.39. The number of carbonyl (C=O) groups excluding carboxylic acids is 1. The van der Waals surface area contributed by atoms with E-state index in [1.165, 1.54) is 0 Å². The van der Waals surface area contributed by atoms with Gasteiger partial charge in [0, 0.05) is 24.5 Å². The molecule has 1 aliphatic rings. The monoisotopic (exact) mass is 349 g/mol. The first kappa shape index (κ1) is 16.3. The fourth-order valence-corrected chi connectivity index (χ4v) is 3.13. The van der Waals surface area contributed by atoms with Gasteiger partial charge in [0.2, 0.25) is 17.7 Å². The van der Waals surface area contributed by atoms with Crippen LogP contribution in [0.2, 0.25) is 0 Å². The van der Waals surface area contributed by atoms with Crippen LogP contribution in [0.5, 0.6) is 0 Å². The van der Waals surface area contributed by atoms with Gasteiger partial charge in [-0.25, -0.2) is 15.0 Å². The summed E-state index contributed by atoms with van der Waals surface area (Å²) in [4.78, 5) is 27.3. The van der Waals surface area contributed by atoms with Crippen molar-refractivity contribution in [1.82, 2.24) is 20.3 Å². The lowest BCUT2D eigenvalue weighted by Gasteiger charge is -2.23. The maximum absolute atomic E-state index is 12.6. The van der Waals surface area contributed by atoms with E-state index >= 15 is 0 Å². The zero-order valence-electron chi connectivity index (χ0n) is 14.2. The summed E-state index contributed by atoms with van der Waals surface area (Å²) >= 11 is 0. The average molecular weight is 349 g/mol. The second kappa shape index (κ2) is 7.35. The maximum Gasteiger partial charge on any atom is 0.243 e. The fraction of sp³-hybridized carbons (Fsp3) is 0.263. The maximum atomic E-state index is 12.6. The van der Waals surface area contributed by atoms with Crippen LogP contribution in [0.3, 0.4) is 0 Å². The minimum absolute atomic E-state index is 0.0607. The number of hydrogen-bond donors (Lipinski definition) is 1. The Morgan fingerprint density at radius 1 is 1.15 bits per heavy atom. The van der Waals surface area contributed by atoms with Crippen molar-refractivity contribution >= 4 is 11.9 Å². The van der Waals surface area contributed by atoms with Gasteiger partial charge in [-0.3, -0.25) is 4.79 Å². The summed E-state index contributed by atoms with van der Waals surface area (Å²) in [5.74, 6) is 1.70. The molecule has 7 heteroatoms. The number of hydrogen-bond acceptors (Lipinski definition) is 6. The molecule has 1 N–H and O–H groups in total. The molecule has 0 saturated carbocycles. The molecule has 0 radical (unpaired) electrons. The Morgan fingerprint density at radius 3 is 2.77 bits per heavy atom. The molecule has 1 saturated heterocycles. The van der Waals surface area contributed by atoms with Crippen LogP contribution in [-0.4, -0.2) is 33.4 Å². The second-order valence-electron chi connectivity index (χ2n) is 6.10. The van der Waals surface area contributed by atoms with Crippen LogP contribution in [0.4, 0.5) is 5.95 Å². The molecule has 7 nitrogen and oxygen atoms in total. The predicted molar refractivity (Wildman–Crippen MR) is 96.2 cm³/mol. The minimum atomic E-state index is -0.263. The zero-order valence-corrected chi connectivity index (χ0v) is 14.2. The number of benzene rings is 1. The third-order valence-electron chi connectivity index (χ3n) is 4.39. The van der Waals surface area contributed by atoms with Gasteiger partial charge in [-0.05, 0) is 18.9 Å². The highest BCUT2D eigenvalue weighted by Gasteiger charge is 2.32. The van der Waals surface area contributed by atoms with Crippen molar-refractivity contribution in [3.8, 4) is 11.3 Å². The molecule has 1 aliphatic heterocycles. The number of rotatable bonds is 5. The number of nitrogens with one attached hydrogen (secondary N) is 1. The van der Waals surface area contributed by atoms with E-state index < -0.39 is 0 Å². The standard InChI is InChI=1S/C19H19N5O2/c25-18(15-8-4-11-24(15)19-20-9-5-10-21-19)23-13-17-22-12-16(26-17)14-6-2-1-3-7-14/h1-3,5-7,9-10,12,15H,4,8,11,13H2,(H,23,25)/t15-/m1/s1. The molecule has 4 rings (SSSR count). The van der Waals surface area contributed by atoms with E-state index in [-0.39, 0.29) is 18.5 Å². The van der Waals surface area contributed by atoms with E-state index in [1.54, 1.807) is 24.7 Å². The van der Waals surface area contributed by atoms with Gasteiger partial charge in [0.25, 0.3) is 0 Å². The first-order valence-corrected chi connectivity index (χ1v) is 8.63. The van der Waals surface area contributed by atoms with Gasteiger partial charge in [0.1, 0.15) is 6.04 Å². The van der Waals surface area contributed by atoms with Crippen LogP contribution in [0, 0.1) is 0 Å². The zero-order chi connectivity index (χ0) is 17.8. The largest absolute Gasteiger partial charge is 0.439 e. The van der Waals surface area contributed by atoms with Crippen LogP contribution in [0.15, 0.2) is 59.4 Å². The smallest absolute Gasteiger partial charge is 0.243 e. The average Bonchev–Trinajstić information content (AvgIpc) is 3.37. The van der Waals surface area contributed by atoms with Crippen LogP contribution >= 0.6 is 0 Å². The molecule has 1 fully saturated rings. The second-order valence-corrected chi connectivity index (χ2v) is 6.10. The molecule has 0 aliphatic carbocycles. The van der Waals surface area contributed by atoms with Crippen LogP contribution in [0.1, 0.15) is 18.7 Å². The molecule has 2 aromatic heterocycles. The molecule has 3 aromatic rings. The highest BCUT2D eigenvalue weighted by atomic mass is 16.4. The Hall–Kier alpha value is -3.22. The highest BCUT2D eigenvalue weighted by Crippen LogP contribution is 2.22. The normalized spacial score (nSPS) is 16.6. The molecule has 26 heavy (non-hydrogen) atoms. The van der Waals surface area contributed by atoms with Crippen molar-refractivity contribution in [3.63, 3.8) is 0 Å². The first-order chi connectivity index (χ1) is 12.8. The van der Waals surface area contributed by atoms with Crippen molar-refractivity contribution in [2.75, 3.05) is 11.4 Å². The van der Waals surface area contributed by atoms with Gasteiger partial charge in [-0.15, -0.1) is 0 Å². The lowest BCUT2D eigenvalue weighted by molar-refractivity contribution is -0.122. The number of anilines is 1. The summed E-state index contributed by atoms with van der Waals surface area (Å²) < 4.78 is 5.73. The van der Waals surface area contributed by atoms with E-state index in [0.717, 1.165) is 24.9 Å². The Labute approximate surface area is 151 Å². The van der Waals surface area contributed by atoms with Crippen molar-refractivity contribution in [3.05, 3.63) is 60.9 Å². The molecule has 0 bridgehead atoms. The predicted octanol–water partition coefficient (Wildman–Crippen LogP) is 2.42. The number of nitrogens with zero attached hydrogens (tertiary/aromatic N) is 4. The first-order valence-electron chi connectivity index (χ1n) is 8.63. The van der Waals surface area contributed by atoms with Gasteiger partial charge in [-0.1, -0.05) is 30.3 Å². The number of amides is 1. The van der Waals surface area contributed by atoms with Crippen LogP contribution in [-0.2, 0) is 11.3 Å². The van der Waals surface area contributed by atoms with Gasteiger partial charge in [-0.2, -0.15) is 0 Å². The van der Waals surface area contributed by atoms with Crippen molar-refractivity contribution < 1.29 is 9.21 Å². The molecule has 1 amide bonds. The molecule has 1 atom stereocenters. The number of aromatic nitrogens is 3. The summed E-state index contributed by atoms with van der Waals surface area (Å²) in [5.41, 5.74) is 0.959. The van der Waals surface area contributed by atoms with Crippen LogP contribution < -0.4 is 10.2 Å². The van der Waals surface area contributed by atoms with Gasteiger partial charge < -0.3 is 14.6 Å². The molecular formula is C19H19N5O2. The fourth-order valence-electron chi connectivity index (χ4n) is 3.13. The summed E-state index contributed by atoms with van der Waals surface area (Å²) in [6.07, 6.45) is 6.77. The summed E-state index contributed by atoms with van der Waals surface area (Å²) in [6.45, 7) is 1.03. The topological polar surface area (TPSA) is 84.2 Å². The Kier molecular flexibility index (Phi) is 4.59. The Morgan fingerprint density at radius 2 is 1.96 bits per heavy atom. The van der Waals surface area contributed by atoms with E-state index in [0.29, 0.717) is 17.6 Å². The summed E-state index contributed by atoms with van der Waals surface area (Å²) in [5, 5.41) is 2.91. The summed E-state index contributed by atoms with van der Waals surface area (Å²) in [7, 11) is 0. The van der Waals surface area contributed by atoms with Gasteiger partial charge in [0.15, 0.2) is 5.76 Å². The summed E-state index contributed by atoms with van der Waals surface area (Å²) in [6, 6.07) is 11.3. The Bertz CT molecular complexity index is 866. The lowest BCUT2D eigenvalue weighted by atomic mass is 10.2. The van der Waals surface area contributed by atoms with E-state index in [2.05, 4.69) is 20.3 Å². The van der Waals surface area contributed by atoms with Gasteiger partial charge >= 0.3 is 0 Å². The lowest BCUT2D eigenvalue weighted by Crippen LogP contribution is -2.43. The Balaban J connectivity index is 1.39. The van der Waals surface area contributed by atoms with Gasteiger partial charge in [0.05, 0.1) is 12.7 Å². The molecule has 0 unspecified atom stereocenters. The number of carbonyl (C=O) groups is 1. The van der Waals surface area contributed by atoms with Crippen molar-refractivity contribution in [2.24, 2.45) is 0 Å². The molecule has 0 spiro atoms. The quantitative estimate of drug-likeness (QED) is 0.761.